The number of rotatable bonds is 3. The zero-order valence-corrected chi connectivity index (χ0v) is 8.87. The monoisotopic (exact) mass is 189 g/mol. The molecule has 1 aliphatic carbocycles. The molecule has 2 atom stereocenters. The van der Waals surface area contributed by atoms with E-state index in [2.05, 4.69) is 42.6 Å². The van der Waals surface area contributed by atoms with Crippen LogP contribution >= 0.6 is 0 Å². The molecule has 1 saturated carbocycles. The van der Waals surface area contributed by atoms with E-state index in [0.29, 0.717) is 0 Å². The maximum absolute atomic E-state index is 3.63. The maximum atomic E-state index is 3.63. The molecule has 0 spiro atoms. The summed E-state index contributed by atoms with van der Waals surface area (Å²) in [5.74, 6) is 0.920. The average molecular weight is 189 g/mol. The van der Waals surface area contributed by atoms with Crippen LogP contribution in [-0.4, -0.2) is 6.04 Å². The van der Waals surface area contributed by atoms with Gasteiger partial charge in [-0.25, -0.2) is 0 Å². The van der Waals surface area contributed by atoms with Crippen LogP contribution in [0.15, 0.2) is 30.3 Å². The highest BCUT2D eigenvalue weighted by Crippen LogP contribution is 2.24. The lowest BCUT2D eigenvalue weighted by atomic mass is 10.1. The Morgan fingerprint density at radius 3 is 2.64 bits per heavy atom. The highest BCUT2D eigenvalue weighted by atomic mass is 14.9. The van der Waals surface area contributed by atoms with E-state index in [4.69, 9.17) is 0 Å². The van der Waals surface area contributed by atoms with E-state index < -0.39 is 0 Å². The lowest BCUT2D eigenvalue weighted by molar-refractivity contribution is 0.502. The van der Waals surface area contributed by atoms with Crippen molar-refractivity contribution in [2.45, 2.75) is 38.8 Å². The highest BCUT2D eigenvalue weighted by molar-refractivity contribution is 5.14. The highest BCUT2D eigenvalue weighted by Gasteiger charge is 2.20. The van der Waals surface area contributed by atoms with Crippen molar-refractivity contribution in [2.75, 3.05) is 0 Å². The molecule has 14 heavy (non-hydrogen) atoms. The van der Waals surface area contributed by atoms with Gasteiger partial charge in [0.2, 0.25) is 0 Å². The van der Waals surface area contributed by atoms with Crippen molar-refractivity contribution in [1.82, 2.24) is 5.32 Å². The van der Waals surface area contributed by atoms with Crippen LogP contribution < -0.4 is 5.32 Å². The Balaban J connectivity index is 1.78. The van der Waals surface area contributed by atoms with Crippen LogP contribution in [0.1, 0.15) is 31.7 Å². The van der Waals surface area contributed by atoms with Gasteiger partial charge >= 0.3 is 0 Å². The zero-order chi connectivity index (χ0) is 9.80. The molecule has 1 nitrogen and oxygen atoms in total. The fraction of sp³-hybridized carbons (Fsp3) is 0.538. The second-order valence-corrected chi connectivity index (χ2v) is 4.48. The van der Waals surface area contributed by atoms with Gasteiger partial charge in [0.05, 0.1) is 0 Å². The normalized spacial score (nSPS) is 26.6. The minimum absolute atomic E-state index is 0.755. The molecular formula is C13H19N. The van der Waals surface area contributed by atoms with E-state index in [1.54, 1.807) is 0 Å². The summed E-state index contributed by atoms with van der Waals surface area (Å²) in [5.41, 5.74) is 1.40. The van der Waals surface area contributed by atoms with Gasteiger partial charge in [-0.15, -0.1) is 0 Å². The predicted octanol–water partition coefficient (Wildman–Crippen LogP) is 2.96. The van der Waals surface area contributed by atoms with Crippen LogP contribution in [0.3, 0.4) is 0 Å². The first-order chi connectivity index (χ1) is 6.84. The van der Waals surface area contributed by atoms with E-state index >= 15 is 0 Å². The average Bonchev–Trinajstić information content (AvgIpc) is 2.63. The molecule has 0 saturated heterocycles. The molecule has 0 aliphatic heterocycles. The molecule has 0 bridgehead atoms. The summed E-state index contributed by atoms with van der Waals surface area (Å²) in [5, 5.41) is 3.63. The Hall–Kier alpha value is -0.820. The maximum Gasteiger partial charge on any atom is 0.0208 e. The van der Waals surface area contributed by atoms with Gasteiger partial charge in [-0.2, -0.15) is 0 Å². The Morgan fingerprint density at radius 1 is 1.21 bits per heavy atom. The summed E-state index contributed by atoms with van der Waals surface area (Å²) >= 11 is 0. The van der Waals surface area contributed by atoms with Crippen molar-refractivity contribution in [3.8, 4) is 0 Å². The van der Waals surface area contributed by atoms with Gasteiger partial charge in [0.25, 0.3) is 0 Å². The van der Waals surface area contributed by atoms with Crippen LogP contribution in [0, 0.1) is 5.92 Å². The molecule has 0 radical (unpaired) electrons. The molecule has 1 aromatic carbocycles. The lowest BCUT2D eigenvalue weighted by Gasteiger charge is -2.11. The summed E-state index contributed by atoms with van der Waals surface area (Å²) < 4.78 is 0. The molecule has 1 aliphatic rings. The third-order valence-electron chi connectivity index (χ3n) is 3.13. The topological polar surface area (TPSA) is 12.0 Å². The Morgan fingerprint density at radius 2 is 2.00 bits per heavy atom. The van der Waals surface area contributed by atoms with E-state index in [-0.39, 0.29) is 0 Å². The molecule has 76 valence electrons. The van der Waals surface area contributed by atoms with Crippen LogP contribution in [0.4, 0.5) is 0 Å². The quantitative estimate of drug-likeness (QED) is 0.771. The Labute approximate surface area is 86.5 Å². The molecule has 0 amide bonds. The number of nitrogens with one attached hydrogen (secondary N) is 1. The second kappa shape index (κ2) is 4.61. The molecule has 1 aromatic rings. The van der Waals surface area contributed by atoms with Gasteiger partial charge in [-0.1, -0.05) is 37.3 Å². The van der Waals surface area contributed by atoms with Crippen molar-refractivity contribution in [2.24, 2.45) is 5.92 Å². The van der Waals surface area contributed by atoms with Gasteiger partial charge in [0, 0.05) is 12.6 Å². The number of hydrogen-bond acceptors (Lipinski definition) is 1. The summed E-state index contributed by atoms with van der Waals surface area (Å²) in [6.07, 6.45) is 4.10. The third-order valence-corrected chi connectivity index (χ3v) is 3.13. The summed E-state index contributed by atoms with van der Waals surface area (Å²) in [6, 6.07) is 11.4. The van der Waals surface area contributed by atoms with Crippen molar-refractivity contribution >= 4 is 0 Å². The first-order valence-corrected chi connectivity index (χ1v) is 5.62. The van der Waals surface area contributed by atoms with Crippen molar-refractivity contribution in [3.63, 3.8) is 0 Å². The van der Waals surface area contributed by atoms with Crippen LogP contribution in [0.25, 0.3) is 0 Å². The van der Waals surface area contributed by atoms with Gasteiger partial charge < -0.3 is 5.32 Å². The lowest BCUT2D eigenvalue weighted by Crippen LogP contribution is -2.25. The standard InChI is InChI=1S/C13H19N/c1-11-7-8-13(9-11)14-10-12-5-3-2-4-6-12/h2-6,11,13-14H,7-10H2,1H3/t11-,13+/m0/s1. The van der Waals surface area contributed by atoms with E-state index in [1.807, 2.05) is 0 Å². The fourth-order valence-electron chi connectivity index (χ4n) is 2.25. The first kappa shape index (κ1) is 9.72. The molecule has 0 heterocycles. The molecule has 2 rings (SSSR count). The molecule has 1 heteroatoms. The van der Waals surface area contributed by atoms with Gasteiger partial charge in [-0.3, -0.25) is 0 Å². The largest absolute Gasteiger partial charge is 0.310 e. The van der Waals surface area contributed by atoms with E-state index in [1.165, 1.54) is 24.8 Å². The van der Waals surface area contributed by atoms with Crippen molar-refractivity contribution in [1.29, 1.82) is 0 Å². The molecular weight excluding hydrogens is 170 g/mol. The SMILES string of the molecule is C[C@H]1CC[C@@H](NCc2ccccc2)C1. The minimum Gasteiger partial charge on any atom is -0.310 e. The third kappa shape index (κ3) is 2.58. The van der Waals surface area contributed by atoms with Crippen molar-refractivity contribution in [3.05, 3.63) is 35.9 Å². The summed E-state index contributed by atoms with van der Waals surface area (Å²) in [4.78, 5) is 0. The van der Waals surface area contributed by atoms with Gasteiger partial charge in [0.1, 0.15) is 0 Å². The second-order valence-electron chi connectivity index (χ2n) is 4.48. The molecule has 0 unspecified atom stereocenters. The van der Waals surface area contributed by atoms with Gasteiger partial charge in [0.15, 0.2) is 0 Å². The first-order valence-electron chi connectivity index (χ1n) is 5.62. The molecule has 1 fully saturated rings. The smallest absolute Gasteiger partial charge is 0.0208 e. The van der Waals surface area contributed by atoms with E-state index in [0.717, 1.165) is 18.5 Å². The Bertz CT molecular complexity index is 268. The van der Waals surface area contributed by atoms with E-state index in [9.17, 15) is 0 Å². The molecule has 0 aromatic heterocycles. The van der Waals surface area contributed by atoms with Crippen LogP contribution in [0.5, 0.6) is 0 Å². The molecule has 1 N–H and O–H groups in total. The predicted molar refractivity (Wildman–Crippen MR) is 60.1 cm³/mol. The number of benzene rings is 1. The summed E-state index contributed by atoms with van der Waals surface area (Å²) in [6.45, 7) is 3.38. The summed E-state index contributed by atoms with van der Waals surface area (Å²) in [7, 11) is 0. The van der Waals surface area contributed by atoms with Crippen LogP contribution in [0.2, 0.25) is 0 Å². The van der Waals surface area contributed by atoms with Gasteiger partial charge in [-0.05, 0) is 30.7 Å². The fourth-order valence-corrected chi connectivity index (χ4v) is 2.25. The Kier molecular flexibility index (Phi) is 3.20. The minimum atomic E-state index is 0.755. The number of hydrogen-bond donors (Lipinski definition) is 1. The zero-order valence-electron chi connectivity index (χ0n) is 8.87. The van der Waals surface area contributed by atoms with Crippen LogP contribution in [-0.2, 0) is 6.54 Å². The van der Waals surface area contributed by atoms with Crippen molar-refractivity contribution < 1.29 is 0 Å².